The van der Waals surface area contributed by atoms with E-state index >= 15 is 0 Å². The summed E-state index contributed by atoms with van der Waals surface area (Å²) in [6, 6.07) is 13.0. The lowest BCUT2D eigenvalue weighted by atomic mass is 9.80. The van der Waals surface area contributed by atoms with E-state index in [0.29, 0.717) is 34.3 Å². The van der Waals surface area contributed by atoms with Gasteiger partial charge >= 0.3 is 6.18 Å². The standard InChI is InChI=1S/C28H29F3N6O/c1-16-6-4-9-20(14-16)26-36-24-22(37(26)15-18-10-12-21(13-11-18)28(29,30)31)23(33-17(2)19-7-5-8-19)34-25(35-24)27(38)32-3/h4,6,9-14,17,19H,5,7-8,15H2,1-3H3,(H,32,38)(H,33,34,35). The van der Waals surface area contributed by atoms with Crippen LogP contribution in [0.4, 0.5) is 19.0 Å². The molecule has 4 aromatic rings. The van der Waals surface area contributed by atoms with Crippen LogP contribution in [0.2, 0.25) is 0 Å². The van der Waals surface area contributed by atoms with Gasteiger partial charge in [0, 0.05) is 25.2 Å². The van der Waals surface area contributed by atoms with Crippen molar-refractivity contribution < 1.29 is 18.0 Å². The highest BCUT2D eigenvalue weighted by atomic mass is 19.4. The summed E-state index contributed by atoms with van der Waals surface area (Å²) in [7, 11) is 1.52. The van der Waals surface area contributed by atoms with Crippen molar-refractivity contribution in [2.45, 2.75) is 51.9 Å². The van der Waals surface area contributed by atoms with Crippen molar-refractivity contribution in [2.75, 3.05) is 12.4 Å². The van der Waals surface area contributed by atoms with Crippen LogP contribution in [-0.4, -0.2) is 38.5 Å². The van der Waals surface area contributed by atoms with Gasteiger partial charge < -0.3 is 15.2 Å². The number of hydrogen-bond donors (Lipinski definition) is 2. The molecule has 1 fully saturated rings. The number of halogens is 3. The number of carbonyl (C=O) groups is 1. The third-order valence-electron chi connectivity index (χ3n) is 7.15. The number of amides is 1. The Morgan fingerprint density at radius 1 is 1.11 bits per heavy atom. The Kier molecular flexibility index (Phi) is 6.81. The highest BCUT2D eigenvalue weighted by molar-refractivity contribution is 5.95. The van der Waals surface area contributed by atoms with E-state index in [9.17, 15) is 18.0 Å². The first kappa shape index (κ1) is 25.7. The normalized spacial score (nSPS) is 14.8. The van der Waals surface area contributed by atoms with E-state index in [0.717, 1.165) is 36.1 Å². The summed E-state index contributed by atoms with van der Waals surface area (Å²) in [5.74, 6) is 1.13. The van der Waals surface area contributed by atoms with Gasteiger partial charge in [-0.15, -0.1) is 0 Å². The monoisotopic (exact) mass is 522 g/mol. The van der Waals surface area contributed by atoms with Gasteiger partial charge in [-0.2, -0.15) is 13.2 Å². The van der Waals surface area contributed by atoms with E-state index in [1.807, 2.05) is 35.8 Å². The zero-order valence-corrected chi connectivity index (χ0v) is 21.4. The first-order chi connectivity index (χ1) is 18.1. The van der Waals surface area contributed by atoms with Crippen molar-refractivity contribution in [3.8, 4) is 11.4 Å². The van der Waals surface area contributed by atoms with Crippen LogP contribution in [0.1, 0.15) is 53.5 Å². The molecular weight excluding hydrogens is 493 g/mol. The second kappa shape index (κ2) is 10.1. The number of aryl methyl sites for hydroxylation is 1. The van der Waals surface area contributed by atoms with Gasteiger partial charge in [0.2, 0.25) is 5.82 Å². The maximum atomic E-state index is 13.2. The van der Waals surface area contributed by atoms with Crippen molar-refractivity contribution in [1.29, 1.82) is 0 Å². The van der Waals surface area contributed by atoms with Crippen molar-refractivity contribution in [3.05, 3.63) is 71.0 Å². The minimum atomic E-state index is -4.41. The zero-order chi connectivity index (χ0) is 27.0. The molecule has 38 heavy (non-hydrogen) atoms. The molecule has 2 aromatic heterocycles. The summed E-state index contributed by atoms with van der Waals surface area (Å²) in [5, 5.41) is 6.07. The maximum absolute atomic E-state index is 13.2. The summed E-state index contributed by atoms with van der Waals surface area (Å²) in [4.78, 5) is 26.4. The predicted molar refractivity (Wildman–Crippen MR) is 140 cm³/mol. The molecule has 0 radical (unpaired) electrons. The van der Waals surface area contributed by atoms with Crippen LogP contribution in [-0.2, 0) is 12.7 Å². The Morgan fingerprint density at radius 2 is 1.84 bits per heavy atom. The molecule has 1 unspecified atom stereocenters. The quantitative estimate of drug-likeness (QED) is 0.319. The molecule has 2 aromatic carbocycles. The molecule has 0 bridgehead atoms. The van der Waals surface area contributed by atoms with Gasteiger partial charge in [-0.3, -0.25) is 4.79 Å². The number of aromatic nitrogens is 4. The average molecular weight is 523 g/mol. The Bertz CT molecular complexity index is 1470. The summed E-state index contributed by atoms with van der Waals surface area (Å²) in [6.07, 6.45) is -0.997. The molecule has 1 amide bonds. The summed E-state index contributed by atoms with van der Waals surface area (Å²) < 4.78 is 41.4. The molecule has 1 aliphatic rings. The number of fused-ring (bicyclic) bond motifs is 1. The fraction of sp³-hybridized carbons (Fsp3) is 0.357. The average Bonchev–Trinajstić information content (AvgIpc) is 3.20. The number of alkyl halides is 3. The molecule has 1 aliphatic carbocycles. The highest BCUT2D eigenvalue weighted by Gasteiger charge is 2.30. The van der Waals surface area contributed by atoms with Crippen molar-refractivity contribution in [2.24, 2.45) is 5.92 Å². The fourth-order valence-electron chi connectivity index (χ4n) is 4.76. The van der Waals surface area contributed by atoms with E-state index in [1.165, 1.54) is 25.6 Å². The zero-order valence-electron chi connectivity index (χ0n) is 21.4. The van der Waals surface area contributed by atoms with Crippen LogP contribution >= 0.6 is 0 Å². The van der Waals surface area contributed by atoms with E-state index in [1.54, 1.807) is 0 Å². The van der Waals surface area contributed by atoms with Gasteiger partial charge in [-0.1, -0.05) is 42.3 Å². The van der Waals surface area contributed by atoms with E-state index < -0.39 is 17.6 Å². The fourth-order valence-corrected chi connectivity index (χ4v) is 4.76. The molecule has 10 heteroatoms. The van der Waals surface area contributed by atoms with Crippen molar-refractivity contribution in [3.63, 3.8) is 0 Å². The van der Waals surface area contributed by atoms with Crippen LogP contribution in [0, 0.1) is 12.8 Å². The number of carbonyl (C=O) groups excluding carboxylic acids is 1. The number of hydrogen-bond acceptors (Lipinski definition) is 5. The lowest BCUT2D eigenvalue weighted by Gasteiger charge is -2.32. The molecule has 2 heterocycles. The minimum absolute atomic E-state index is 0.00159. The Balaban J connectivity index is 1.68. The van der Waals surface area contributed by atoms with Crippen LogP contribution in [0.15, 0.2) is 48.5 Å². The minimum Gasteiger partial charge on any atom is -0.365 e. The van der Waals surface area contributed by atoms with Crippen LogP contribution in [0.25, 0.3) is 22.6 Å². The Morgan fingerprint density at radius 3 is 2.45 bits per heavy atom. The maximum Gasteiger partial charge on any atom is 0.416 e. The van der Waals surface area contributed by atoms with Crippen molar-refractivity contribution in [1.82, 2.24) is 24.8 Å². The number of nitrogens with one attached hydrogen (secondary N) is 2. The number of imidazole rings is 1. The van der Waals surface area contributed by atoms with Gasteiger partial charge in [0.15, 0.2) is 11.5 Å². The van der Waals surface area contributed by atoms with Gasteiger partial charge in [0.25, 0.3) is 5.91 Å². The molecule has 0 saturated heterocycles. The summed E-state index contributed by atoms with van der Waals surface area (Å²) in [5.41, 5.74) is 2.76. The van der Waals surface area contributed by atoms with E-state index in [2.05, 4.69) is 27.5 Å². The molecule has 1 atom stereocenters. The summed E-state index contributed by atoms with van der Waals surface area (Å²) >= 11 is 0. The second-order valence-electron chi connectivity index (χ2n) is 9.86. The van der Waals surface area contributed by atoms with Gasteiger partial charge in [-0.25, -0.2) is 15.0 Å². The highest BCUT2D eigenvalue weighted by Crippen LogP contribution is 2.34. The molecule has 1 saturated carbocycles. The molecule has 2 N–H and O–H groups in total. The molecule has 198 valence electrons. The van der Waals surface area contributed by atoms with Crippen LogP contribution in [0.3, 0.4) is 0 Å². The lowest BCUT2D eigenvalue weighted by Crippen LogP contribution is -2.32. The summed E-state index contributed by atoms with van der Waals surface area (Å²) in [6.45, 7) is 4.31. The smallest absolute Gasteiger partial charge is 0.365 e. The van der Waals surface area contributed by atoms with Gasteiger partial charge in [0.1, 0.15) is 11.3 Å². The second-order valence-corrected chi connectivity index (χ2v) is 9.86. The van der Waals surface area contributed by atoms with Crippen LogP contribution < -0.4 is 10.6 Å². The molecule has 5 rings (SSSR count). The van der Waals surface area contributed by atoms with Crippen molar-refractivity contribution >= 4 is 22.9 Å². The number of rotatable bonds is 7. The lowest BCUT2D eigenvalue weighted by molar-refractivity contribution is -0.137. The number of benzene rings is 2. The first-order valence-corrected chi connectivity index (χ1v) is 12.6. The Hall–Kier alpha value is -3.95. The molecule has 0 spiro atoms. The third-order valence-corrected chi connectivity index (χ3v) is 7.15. The molecular formula is C28H29F3N6O. The Labute approximate surface area is 218 Å². The van der Waals surface area contributed by atoms with Gasteiger partial charge in [0.05, 0.1) is 5.56 Å². The first-order valence-electron chi connectivity index (χ1n) is 12.6. The SMILES string of the molecule is CNC(=O)c1nc(NC(C)C2CCC2)c2c(n1)nc(-c1cccc(C)c1)n2Cc1ccc(C(F)(F)F)cc1. The van der Waals surface area contributed by atoms with E-state index in [4.69, 9.17) is 4.98 Å². The third kappa shape index (κ3) is 5.07. The van der Waals surface area contributed by atoms with Gasteiger partial charge in [-0.05, 0) is 56.4 Å². The predicted octanol–water partition coefficient (Wildman–Crippen LogP) is 5.83. The van der Waals surface area contributed by atoms with E-state index in [-0.39, 0.29) is 18.4 Å². The topological polar surface area (TPSA) is 84.7 Å². The van der Waals surface area contributed by atoms with Crippen LogP contribution in [0.5, 0.6) is 0 Å². The molecule has 7 nitrogen and oxygen atoms in total. The largest absolute Gasteiger partial charge is 0.416 e. The number of anilines is 1. The molecule has 0 aliphatic heterocycles. The number of nitrogens with zero attached hydrogens (tertiary/aromatic N) is 4.